The van der Waals surface area contributed by atoms with Crippen LogP contribution in [0.25, 0.3) is 0 Å². The SMILES string of the molecule is C/C=C/COc1c(F)cc(OC(=O)C2CCC(C3CCC4CC(CCCCCCC)CCC4C3)CC2)cc1F. The van der Waals surface area contributed by atoms with E-state index in [-0.39, 0.29) is 24.2 Å². The largest absolute Gasteiger partial charge is 0.483 e. The summed E-state index contributed by atoms with van der Waals surface area (Å²) < 4.78 is 39.2. The van der Waals surface area contributed by atoms with Crippen molar-refractivity contribution in [1.82, 2.24) is 0 Å². The molecule has 3 nitrogen and oxygen atoms in total. The van der Waals surface area contributed by atoms with E-state index in [1.165, 1.54) is 77.0 Å². The minimum absolute atomic E-state index is 0.0782. The number of carbonyl (C=O) groups is 1. The van der Waals surface area contributed by atoms with Crippen molar-refractivity contribution in [2.45, 2.75) is 117 Å². The van der Waals surface area contributed by atoms with Gasteiger partial charge in [-0.1, -0.05) is 64.0 Å². The highest BCUT2D eigenvalue weighted by atomic mass is 19.1. The first-order chi connectivity index (χ1) is 19.0. The Morgan fingerprint density at radius 3 is 2.15 bits per heavy atom. The summed E-state index contributed by atoms with van der Waals surface area (Å²) in [5, 5.41) is 0. The Morgan fingerprint density at radius 2 is 1.46 bits per heavy atom. The Hall–Kier alpha value is -1.91. The van der Waals surface area contributed by atoms with E-state index in [1.54, 1.807) is 19.1 Å². The minimum atomic E-state index is -0.859. The maximum Gasteiger partial charge on any atom is 0.314 e. The number of hydrogen-bond donors (Lipinski definition) is 0. The molecule has 1 aromatic carbocycles. The molecule has 1 aromatic rings. The molecule has 4 unspecified atom stereocenters. The van der Waals surface area contributed by atoms with Crippen LogP contribution >= 0.6 is 0 Å². The zero-order valence-electron chi connectivity index (χ0n) is 24.3. The summed E-state index contributed by atoms with van der Waals surface area (Å²) in [5.41, 5.74) is 0. The van der Waals surface area contributed by atoms with Crippen molar-refractivity contribution in [3.8, 4) is 11.5 Å². The van der Waals surface area contributed by atoms with Crippen LogP contribution in [-0.4, -0.2) is 12.6 Å². The third-order valence-electron chi connectivity index (χ3n) is 10.00. The van der Waals surface area contributed by atoms with E-state index in [1.807, 2.05) is 0 Å². The van der Waals surface area contributed by atoms with Crippen LogP contribution < -0.4 is 9.47 Å². The van der Waals surface area contributed by atoms with Gasteiger partial charge in [0.15, 0.2) is 17.4 Å². The van der Waals surface area contributed by atoms with Crippen molar-refractivity contribution in [3.05, 3.63) is 35.9 Å². The van der Waals surface area contributed by atoms with Gasteiger partial charge in [0, 0.05) is 12.1 Å². The molecule has 0 amide bonds. The first-order valence-corrected chi connectivity index (χ1v) is 15.9. The maximum atomic E-state index is 14.3. The van der Waals surface area contributed by atoms with E-state index in [9.17, 15) is 13.6 Å². The molecule has 0 bridgehead atoms. The van der Waals surface area contributed by atoms with Gasteiger partial charge < -0.3 is 9.47 Å². The summed E-state index contributed by atoms with van der Waals surface area (Å²) in [6.07, 6.45) is 24.0. The van der Waals surface area contributed by atoms with Gasteiger partial charge in [-0.15, -0.1) is 0 Å². The molecule has 218 valence electrons. The quantitative estimate of drug-likeness (QED) is 0.114. The van der Waals surface area contributed by atoms with E-state index in [0.717, 1.165) is 61.5 Å². The first kappa shape index (κ1) is 30.1. The smallest absolute Gasteiger partial charge is 0.314 e. The molecule has 3 fully saturated rings. The molecule has 4 atom stereocenters. The number of ether oxygens (including phenoxy) is 2. The van der Waals surface area contributed by atoms with Gasteiger partial charge >= 0.3 is 5.97 Å². The van der Waals surface area contributed by atoms with Crippen LogP contribution in [0.2, 0.25) is 0 Å². The number of benzene rings is 1. The Kier molecular flexibility index (Phi) is 11.7. The number of allylic oxidation sites excluding steroid dienone is 1. The molecular formula is C34H50F2O3. The van der Waals surface area contributed by atoms with Gasteiger partial charge in [0.05, 0.1) is 5.92 Å². The molecule has 0 heterocycles. The topological polar surface area (TPSA) is 35.5 Å². The average molecular weight is 545 g/mol. The standard InChI is InChI=1S/C34H50F2O3/c1-3-5-7-8-9-10-24-11-12-29-21-28(18-17-27(29)20-24)25-13-15-26(16-14-25)34(37)39-30-22-31(35)33(32(36)23-30)38-19-6-4-2/h4,6,22-29H,3,5,7-21H2,1-2H3/b6-4+. The van der Waals surface area contributed by atoms with Crippen LogP contribution in [-0.2, 0) is 4.79 Å². The Balaban J connectivity index is 1.18. The van der Waals surface area contributed by atoms with Crippen molar-refractivity contribution >= 4 is 5.97 Å². The second kappa shape index (κ2) is 15.2. The lowest BCUT2D eigenvalue weighted by atomic mass is 9.60. The number of carbonyl (C=O) groups excluding carboxylic acids is 1. The predicted octanol–water partition coefficient (Wildman–Crippen LogP) is 9.82. The van der Waals surface area contributed by atoms with Crippen molar-refractivity contribution in [2.24, 2.45) is 35.5 Å². The van der Waals surface area contributed by atoms with Crippen LogP contribution in [0, 0.1) is 47.1 Å². The molecule has 3 aliphatic carbocycles. The van der Waals surface area contributed by atoms with E-state index in [4.69, 9.17) is 9.47 Å². The monoisotopic (exact) mass is 544 g/mol. The van der Waals surface area contributed by atoms with Crippen LogP contribution in [0.3, 0.4) is 0 Å². The number of halogens is 2. The fraction of sp³-hybridized carbons (Fsp3) is 0.735. The lowest BCUT2D eigenvalue weighted by Crippen LogP contribution is -2.35. The first-order valence-electron chi connectivity index (χ1n) is 15.9. The summed E-state index contributed by atoms with van der Waals surface area (Å²) in [6.45, 7) is 4.17. The van der Waals surface area contributed by atoms with E-state index >= 15 is 0 Å². The normalized spacial score (nSPS) is 29.2. The van der Waals surface area contributed by atoms with Gasteiger partial charge in [-0.25, -0.2) is 8.78 Å². The van der Waals surface area contributed by atoms with Gasteiger partial charge in [0.1, 0.15) is 12.4 Å². The highest BCUT2D eigenvalue weighted by molar-refractivity contribution is 5.75. The number of hydrogen-bond acceptors (Lipinski definition) is 3. The van der Waals surface area contributed by atoms with Crippen LogP contribution in [0.1, 0.15) is 117 Å². The number of esters is 1. The third-order valence-corrected chi connectivity index (χ3v) is 10.00. The molecule has 3 saturated carbocycles. The molecule has 39 heavy (non-hydrogen) atoms. The molecule has 0 saturated heterocycles. The Bertz CT molecular complexity index is 913. The van der Waals surface area contributed by atoms with Gasteiger partial charge in [-0.3, -0.25) is 4.79 Å². The van der Waals surface area contributed by atoms with Crippen molar-refractivity contribution in [2.75, 3.05) is 6.61 Å². The number of rotatable bonds is 12. The third kappa shape index (κ3) is 8.54. The highest BCUT2D eigenvalue weighted by Crippen LogP contribution is 2.49. The van der Waals surface area contributed by atoms with Crippen LogP contribution in [0.5, 0.6) is 11.5 Å². The molecule has 4 rings (SSSR count). The molecule has 5 heteroatoms. The van der Waals surface area contributed by atoms with Gasteiger partial charge in [0.25, 0.3) is 0 Å². The molecule has 0 N–H and O–H groups in total. The molecule has 3 aliphatic rings. The van der Waals surface area contributed by atoms with Gasteiger partial charge in [0.2, 0.25) is 0 Å². The fourth-order valence-corrected chi connectivity index (χ4v) is 7.74. The van der Waals surface area contributed by atoms with E-state index in [0.29, 0.717) is 5.92 Å². The Morgan fingerprint density at radius 1 is 0.846 bits per heavy atom. The molecule has 0 radical (unpaired) electrons. The summed E-state index contributed by atoms with van der Waals surface area (Å²) in [6, 6.07) is 2.08. The van der Waals surface area contributed by atoms with Crippen molar-refractivity contribution < 1.29 is 23.0 Å². The van der Waals surface area contributed by atoms with Crippen LogP contribution in [0.15, 0.2) is 24.3 Å². The second-order valence-corrected chi connectivity index (χ2v) is 12.6. The second-order valence-electron chi connectivity index (χ2n) is 12.6. The molecule has 0 aromatic heterocycles. The summed E-state index contributed by atoms with van der Waals surface area (Å²) in [4.78, 5) is 12.8. The van der Waals surface area contributed by atoms with Gasteiger partial charge in [-0.2, -0.15) is 0 Å². The fourth-order valence-electron chi connectivity index (χ4n) is 7.74. The van der Waals surface area contributed by atoms with Crippen molar-refractivity contribution in [3.63, 3.8) is 0 Å². The number of unbranched alkanes of at least 4 members (excludes halogenated alkanes) is 4. The zero-order valence-corrected chi connectivity index (χ0v) is 24.3. The average Bonchev–Trinajstić information content (AvgIpc) is 2.94. The number of fused-ring (bicyclic) bond motifs is 1. The van der Waals surface area contributed by atoms with E-state index < -0.39 is 17.4 Å². The highest BCUT2D eigenvalue weighted by Gasteiger charge is 2.39. The lowest BCUT2D eigenvalue weighted by molar-refractivity contribution is -0.140. The van der Waals surface area contributed by atoms with E-state index in [2.05, 4.69) is 6.92 Å². The summed E-state index contributed by atoms with van der Waals surface area (Å²) in [7, 11) is 0. The summed E-state index contributed by atoms with van der Waals surface area (Å²) >= 11 is 0. The minimum Gasteiger partial charge on any atom is -0.483 e. The predicted molar refractivity (Wildman–Crippen MR) is 153 cm³/mol. The van der Waals surface area contributed by atoms with Crippen LogP contribution in [0.4, 0.5) is 8.78 Å². The van der Waals surface area contributed by atoms with Gasteiger partial charge in [-0.05, 0) is 94.3 Å². The maximum absolute atomic E-state index is 14.3. The molecule has 0 aliphatic heterocycles. The zero-order chi connectivity index (χ0) is 27.6. The summed E-state index contributed by atoms with van der Waals surface area (Å²) in [5.74, 6) is 1.51. The lowest BCUT2D eigenvalue weighted by Gasteiger charge is -2.45. The molecular weight excluding hydrogens is 494 g/mol. The Labute approximate surface area is 235 Å². The molecule has 0 spiro atoms. The van der Waals surface area contributed by atoms with Crippen molar-refractivity contribution in [1.29, 1.82) is 0 Å².